The molecule has 6 rings (SSSR count). The molecule has 0 amide bonds. The first kappa shape index (κ1) is 22.4. The zero-order valence-electron chi connectivity index (χ0n) is 18.9. The molecule has 7 nitrogen and oxygen atoms in total. The number of nitrogens with one attached hydrogen (secondary N) is 1. The standard InChI is InChI=1S/C22H19F3N6O.C2H6/c23-18-13(2-1-3-16(18)19(24)25)7-26-20-17-6-14(30-8-22(9-30)10-32-11-22)4-5-15(17)21-27-12-28-31(21)29-20;1-2/h1-6,12,19H,7-11H2,(H,26,29);1-2H3. The highest BCUT2D eigenvalue weighted by Crippen LogP contribution is 2.41. The molecule has 1 N–H and O–H groups in total. The van der Waals surface area contributed by atoms with Crippen LogP contribution in [0.2, 0.25) is 0 Å². The van der Waals surface area contributed by atoms with E-state index in [0.717, 1.165) is 48.8 Å². The van der Waals surface area contributed by atoms with Gasteiger partial charge >= 0.3 is 0 Å². The summed E-state index contributed by atoms with van der Waals surface area (Å²) in [7, 11) is 0. The second-order valence-corrected chi connectivity index (χ2v) is 8.48. The van der Waals surface area contributed by atoms with Gasteiger partial charge in [-0.05, 0) is 18.2 Å². The van der Waals surface area contributed by atoms with Gasteiger partial charge in [0.1, 0.15) is 12.1 Å². The van der Waals surface area contributed by atoms with Crippen LogP contribution >= 0.6 is 0 Å². The highest BCUT2D eigenvalue weighted by atomic mass is 19.3. The molecule has 0 unspecified atom stereocenters. The van der Waals surface area contributed by atoms with Crippen LogP contribution in [0.5, 0.6) is 0 Å². The molecule has 4 heterocycles. The molecule has 178 valence electrons. The number of benzene rings is 2. The molecule has 2 aliphatic rings. The van der Waals surface area contributed by atoms with Crippen molar-refractivity contribution in [2.75, 3.05) is 36.5 Å². The summed E-state index contributed by atoms with van der Waals surface area (Å²) in [5.41, 5.74) is 1.47. The topological polar surface area (TPSA) is 67.6 Å². The fourth-order valence-electron chi connectivity index (χ4n) is 4.49. The number of hydrogen-bond acceptors (Lipinski definition) is 6. The van der Waals surface area contributed by atoms with Crippen molar-refractivity contribution in [2.24, 2.45) is 5.41 Å². The predicted octanol–water partition coefficient (Wildman–Crippen LogP) is 4.83. The maximum atomic E-state index is 14.5. The third-order valence-corrected chi connectivity index (χ3v) is 6.25. The number of nitrogens with zero attached hydrogens (tertiary/aromatic N) is 5. The first-order valence-corrected chi connectivity index (χ1v) is 11.3. The number of fused-ring (bicyclic) bond motifs is 3. The van der Waals surface area contributed by atoms with Gasteiger partial charge in [0.15, 0.2) is 11.5 Å². The van der Waals surface area contributed by atoms with Gasteiger partial charge < -0.3 is 15.0 Å². The predicted molar refractivity (Wildman–Crippen MR) is 124 cm³/mol. The van der Waals surface area contributed by atoms with E-state index in [-0.39, 0.29) is 17.5 Å². The molecule has 2 aromatic carbocycles. The molecule has 34 heavy (non-hydrogen) atoms. The Morgan fingerprint density at radius 2 is 1.91 bits per heavy atom. The monoisotopic (exact) mass is 470 g/mol. The molecule has 4 aromatic rings. The van der Waals surface area contributed by atoms with E-state index in [4.69, 9.17) is 4.74 Å². The van der Waals surface area contributed by atoms with E-state index >= 15 is 0 Å². The fraction of sp³-hybridized carbons (Fsp3) is 0.375. The number of alkyl halides is 2. The van der Waals surface area contributed by atoms with Gasteiger partial charge in [0.25, 0.3) is 6.43 Å². The first-order chi connectivity index (χ1) is 16.5. The third kappa shape index (κ3) is 3.71. The summed E-state index contributed by atoms with van der Waals surface area (Å²) in [5, 5.41) is 13.4. The van der Waals surface area contributed by atoms with E-state index < -0.39 is 17.8 Å². The van der Waals surface area contributed by atoms with Gasteiger partial charge in [-0.3, -0.25) is 0 Å². The van der Waals surface area contributed by atoms with E-state index in [2.05, 4.69) is 25.4 Å². The molecule has 0 saturated carbocycles. The Hall–Kier alpha value is -3.40. The Balaban J connectivity index is 0.00000117. The number of anilines is 2. The molecule has 0 bridgehead atoms. The summed E-state index contributed by atoms with van der Waals surface area (Å²) in [6.45, 7) is 7.48. The average molecular weight is 470 g/mol. The number of rotatable bonds is 5. The van der Waals surface area contributed by atoms with Gasteiger partial charge in [-0.15, -0.1) is 14.8 Å². The highest BCUT2D eigenvalue weighted by molar-refractivity contribution is 6.01. The summed E-state index contributed by atoms with van der Waals surface area (Å²) >= 11 is 0. The molecule has 2 saturated heterocycles. The molecule has 2 fully saturated rings. The van der Waals surface area contributed by atoms with Crippen LogP contribution in [0.4, 0.5) is 24.7 Å². The lowest BCUT2D eigenvalue weighted by molar-refractivity contribution is -0.127. The maximum absolute atomic E-state index is 14.5. The minimum absolute atomic E-state index is 0.00306. The molecule has 0 radical (unpaired) electrons. The lowest BCUT2D eigenvalue weighted by Crippen LogP contribution is -2.66. The van der Waals surface area contributed by atoms with E-state index in [0.29, 0.717) is 11.5 Å². The number of halogens is 3. The average Bonchev–Trinajstić information content (AvgIpc) is 3.26. The summed E-state index contributed by atoms with van der Waals surface area (Å²) in [6.07, 6.45) is -1.45. The van der Waals surface area contributed by atoms with E-state index in [9.17, 15) is 13.2 Å². The minimum Gasteiger partial charge on any atom is -0.380 e. The van der Waals surface area contributed by atoms with Crippen molar-refractivity contribution in [2.45, 2.75) is 26.8 Å². The van der Waals surface area contributed by atoms with Gasteiger partial charge in [-0.2, -0.15) is 0 Å². The number of aromatic nitrogens is 4. The lowest BCUT2D eigenvalue weighted by atomic mass is 9.77. The van der Waals surface area contributed by atoms with Crippen LogP contribution in [0.3, 0.4) is 0 Å². The summed E-state index contributed by atoms with van der Waals surface area (Å²) < 4.78 is 47.4. The zero-order valence-corrected chi connectivity index (χ0v) is 18.9. The van der Waals surface area contributed by atoms with Gasteiger partial charge in [0, 0.05) is 41.7 Å². The van der Waals surface area contributed by atoms with Crippen LogP contribution in [0.15, 0.2) is 42.7 Å². The van der Waals surface area contributed by atoms with Crippen LogP contribution in [0.1, 0.15) is 31.4 Å². The van der Waals surface area contributed by atoms with Crippen molar-refractivity contribution in [1.82, 2.24) is 19.8 Å². The van der Waals surface area contributed by atoms with Crippen molar-refractivity contribution in [3.63, 3.8) is 0 Å². The van der Waals surface area contributed by atoms with Crippen molar-refractivity contribution >= 4 is 27.9 Å². The van der Waals surface area contributed by atoms with E-state index in [1.807, 2.05) is 32.0 Å². The third-order valence-electron chi connectivity index (χ3n) is 6.25. The molecule has 2 aliphatic heterocycles. The zero-order chi connectivity index (χ0) is 23.9. The van der Waals surface area contributed by atoms with Crippen molar-refractivity contribution in [3.05, 3.63) is 59.7 Å². The molecular formula is C24H25F3N6O. The maximum Gasteiger partial charge on any atom is 0.266 e. The second kappa shape index (κ2) is 8.75. The molecular weight excluding hydrogens is 445 g/mol. The quantitative estimate of drug-likeness (QED) is 0.451. The van der Waals surface area contributed by atoms with Crippen LogP contribution in [-0.4, -0.2) is 46.1 Å². The molecule has 1 spiro atoms. The van der Waals surface area contributed by atoms with Crippen LogP contribution in [0.25, 0.3) is 16.4 Å². The second-order valence-electron chi connectivity index (χ2n) is 8.48. The molecule has 10 heteroatoms. The number of ether oxygens (including phenoxy) is 1. The Morgan fingerprint density at radius 3 is 2.62 bits per heavy atom. The van der Waals surface area contributed by atoms with Crippen molar-refractivity contribution in [1.29, 1.82) is 0 Å². The summed E-state index contributed by atoms with van der Waals surface area (Å²) in [6, 6.07) is 10.0. The first-order valence-electron chi connectivity index (χ1n) is 11.3. The Bertz CT molecular complexity index is 1330. The Morgan fingerprint density at radius 1 is 1.12 bits per heavy atom. The molecule has 0 aliphatic carbocycles. The van der Waals surface area contributed by atoms with Gasteiger partial charge in [0.2, 0.25) is 0 Å². The van der Waals surface area contributed by atoms with Gasteiger partial charge in [0.05, 0.1) is 24.2 Å². The SMILES string of the molecule is CC.Fc1c(CNc2nn3ncnc3c3ccc(N4CC5(COC5)C4)cc23)cccc1C(F)F. The molecule has 0 atom stereocenters. The smallest absolute Gasteiger partial charge is 0.266 e. The normalized spacial score (nSPS) is 16.4. The van der Waals surface area contributed by atoms with Crippen LogP contribution in [-0.2, 0) is 11.3 Å². The Kier molecular flexibility index (Phi) is 5.76. The van der Waals surface area contributed by atoms with Crippen molar-refractivity contribution in [3.8, 4) is 0 Å². The van der Waals surface area contributed by atoms with Gasteiger partial charge in [-0.1, -0.05) is 32.0 Å². The van der Waals surface area contributed by atoms with Gasteiger partial charge in [-0.25, -0.2) is 18.2 Å². The van der Waals surface area contributed by atoms with Crippen LogP contribution < -0.4 is 10.2 Å². The minimum atomic E-state index is -2.87. The van der Waals surface area contributed by atoms with Crippen molar-refractivity contribution < 1.29 is 17.9 Å². The summed E-state index contributed by atoms with van der Waals surface area (Å²) in [5.74, 6) is -0.431. The lowest BCUT2D eigenvalue weighted by Gasteiger charge is -2.56. The Labute approximate surface area is 194 Å². The number of hydrogen-bond donors (Lipinski definition) is 1. The van der Waals surface area contributed by atoms with E-state index in [1.54, 1.807) is 0 Å². The highest BCUT2D eigenvalue weighted by Gasteiger charge is 2.49. The summed E-state index contributed by atoms with van der Waals surface area (Å²) in [4.78, 5) is 6.58. The van der Waals surface area contributed by atoms with Crippen LogP contribution in [0, 0.1) is 11.2 Å². The largest absolute Gasteiger partial charge is 0.380 e. The fourth-order valence-corrected chi connectivity index (χ4v) is 4.49. The van der Waals surface area contributed by atoms with E-state index in [1.165, 1.54) is 23.1 Å². The molecule has 2 aromatic heterocycles.